The number of fused-ring (bicyclic) bond motifs is 6. The number of benzene rings is 7. The summed E-state index contributed by atoms with van der Waals surface area (Å²) >= 11 is 1.84. The van der Waals surface area contributed by atoms with Crippen LogP contribution in [-0.4, -0.2) is 11.1 Å². The van der Waals surface area contributed by atoms with Crippen molar-refractivity contribution in [1.29, 1.82) is 0 Å². The first-order valence-corrected chi connectivity index (χ1v) is 18.2. The fraction of sp³-hybridized carbons (Fsp3) is 0.0213. The van der Waals surface area contributed by atoms with E-state index in [9.17, 15) is 0 Å². The third kappa shape index (κ3) is 5.11. The Morgan fingerprint density at radius 1 is 0.490 bits per heavy atom. The first-order chi connectivity index (χ1) is 25.3. The summed E-state index contributed by atoms with van der Waals surface area (Å²) in [6, 6.07) is 63.6. The standard InChI is InChI=1S/C47H33N3S/c1-3-11-32(12-4-1)33-19-23-37(24-20-33)49(38-25-21-34(22-26-38)35-29-43-42-16-8-10-18-46(42)51-47(43)48-31-35)39-27-28-41-40-15-7-9-17-44(40)50(45(41)30-39)36-13-5-2-6-14-36/h1-30,48H,31H2. The molecule has 0 spiro atoms. The highest BCUT2D eigenvalue weighted by Gasteiger charge is 2.20. The van der Waals surface area contributed by atoms with Gasteiger partial charge in [-0.2, -0.15) is 0 Å². The van der Waals surface area contributed by atoms with Crippen LogP contribution in [0, 0.1) is 0 Å². The second kappa shape index (κ2) is 12.2. The number of hydrogen-bond acceptors (Lipinski definition) is 3. The molecule has 0 atom stereocenters. The van der Waals surface area contributed by atoms with Gasteiger partial charge in [-0.1, -0.05) is 115 Å². The van der Waals surface area contributed by atoms with Gasteiger partial charge in [-0.05, 0) is 89.0 Å². The Labute approximate surface area is 301 Å². The molecular formula is C47H33N3S. The van der Waals surface area contributed by atoms with Gasteiger partial charge < -0.3 is 14.8 Å². The lowest BCUT2D eigenvalue weighted by atomic mass is 9.99. The Morgan fingerprint density at radius 3 is 1.84 bits per heavy atom. The monoisotopic (exact) mass is 671 g/mol. The van der Waals surface area contributed by atoms with Crippen molar-refractivity contribution < 1.29 is 0 Å². The molecule has 4 heteroatoms. The summed E-state index contributed by atoms with van der Waals surface area (Å²) in [5, 5.41) is 8.75. The fourth-order valence-electron chi connectivity index (χ4n) is 7.58. The van der Waals surface area contributed by atoms with Crippen LogP contribution < -0.4 is 10.2 Å². The molecule has 0 saturated heterocycles. The van der Waals surface area contributed by atoms with Gasteiger partial charge in [0.1, 0.15) is 0 Å². The van der Waals surface area contributed by atoms with Gasteiger partial charge in [0.25, 0.3) is 0 Å². The zero-order valence-electron chi connectivity index (χ0n) is 27.8. The Kier molecular flexibility index (Phi) is 7.07. The molecule has 10 rings (SSSR count). The van der Waals surface area contributed by atoms with E-state index in [0.29, 0.717) is 0 Å². The molecule has 51 heavy (non-hydrogen) atoms. The van der Waals surface area contributed by atoms with Crippen LogP contribution >= 0.6 is 11.3 Å². The van der Waals surface area contributed by atoms with Gasteiger partial charge in [0.15, 0.2) is 0 Å². The van der Waals surface area contributed by atoms with E-state index in [4.69, 9.17) is 0 Å². The summed E-state index contributed by atoms with van der Waals surface area (Å²) in [6.07, 6.45) is 2.37. The van der Waals surface area contributed by atoms with Crippen LogP contribution in [0.25, 0.3) is 60.4 Å². The molecule has 242 valence electrons. The average Bonchev–Trinajstić information content (AvgIpc) is 3.74. The van der Waals surface area contributed by atoms with Crippen LogP contribution in [0.5, 0.6) is 0 Å². The first-order valence-electron chi connectivity index (χ1n) is 17.4. The average molecular weight is 672 g/mol. The van der Waals surface area contributed by atoms with Gasteiger partial charge >= 0.3 is 0 Å². The predicted molar refractivity (Wildman–Crippen MR) is 219 cm³/mol. The highest BCUT2D eigenvalue weighted by atomic mass is 32.1. The van der Waals surface area contributed by atoms with Crippen molar-refractivity contribution in [2.75, 3.05) is 16.8 Å². The molecule has 1 aliphatic rings. The van der Waals surface area contributed by atoms with Crippen molar-refractivity contribution in [1.82, 2.24) is 4.57 Å². The van der Waals surface area contributed by atoms with Gasteiger partial charge in [-0.25, -0.2) is 0 Å². The third-order valence-electron chi connectivity index (χ3n) is 10.1. The van der Waals surface area contributed by atoms with Crippen LogP contribution in [0.4, 0.5) is 22.1 Å². The molecule has 0 radical (unpaired) electrons. The molecule has 1 N–H and O–H groups in total. The lowest BCUT2D eigenvalue weighted by Gasteiger charge is -2.26. The maximum Gasteiger partial charge on any atom is 0.0971 e. The summed E-state index contributed by atoms with van der Waals surface area (Å²) in [4.78, 5) is 2.38. The maximum atomic E-state index is 3.69. The molecule has 9 aromatic rings. The predicted octanol–water partition coefficient (Wildman–Crippen LogP) is 13.1. The Hall–Kier alpha value is -6.36. The second-order valence-electron chi connectivity index (χ2n) is 13.0. The van der Waals surface area contributed by atoms with E-state index < -0.39 is 0 Å². The number of hydrogen-bond donors (Lipinski definition) is 1. The van der Waals surface area contributed by atoms with Crippen molar-refractivity contribution in [2.24, 2.45) is 0 Å². The summed E-state index contributed by atoms with van der Waals surface area (Å²) in [6.45, 7) is 0.810. The van der Waals surface area contributed by atoms with Crippen LogP contribution in [-0.2, 0) is 0 Å². The molecule has 2 aromatic heterocycles. The topological polar surface area (TPSA) is 20.2 Å². The van der Waals surface area contributed by atoms with Gasteiger partial charge in [-0.15, -0.1) is 11.3 Å². The molecule has 0 unspecified atom stereocenters. The largest absolute Gasteiger partial charge is 0.372 e. The molecule has 0 amide bonds. The summed E-state index contributed by atoms with van der Waals surface area (Å²) in [7, 11) is 0. The van der Waals surface area contributed by atoms with Crippen molar-refractivity contribution >= 4 is 76.9 Å². The van der Waals surface area contributed by atoms with Crippen molar-refractivity contribution in [2.45, 2.75) is 0 Å². The molecule has 7 aromatic carbocycles. The van der Waals surface area contributed by atoms with Crippen LogP contribution in [0.1, 0.15) is 11.1 Å². The molecule has 0 aliphatic carbocycles. The minimum Gasteiger partial charge on any atom is -0.372 e. The van der Waals surface area contributed by atoms with E-state index in [0.717, 1.165) is 29.3 Å². The third-order valence-corrected chi connectivity index (χ3v) is 11.2. The first kappa shape index (κ1) is 29.5. The van der Waals surface area contributed by atoms with Crippen LogP contribution in [0.15, 0.2) is 176 Å². The number of anilines is 4. The Balaban J connectivity index is 1.10. The van der Waals surface area contributed by atoms with Crippen LogP contribution in [0.3, 0.4) is 0 Å². The highest BCUT2D eigenvalue weighted by Crippen LogP contribution is 2.43. The number of rotatable bonds is 6. The molecule has 3 nitrogen and oxygen atoms in total. The molecule has 0 bridgehead atoms. The minimum absolute atomic E-state index is 0.810. The zero-order chi connectivity index (χ0) is 33.7. The number of nitrogens with one attached hydrogen (secondary N) is 1. The van der Waals surface area contributed by atoms with Gasteiger partial charge in [0.2, 0.25) is 0 Å². The molecular weight excluding hydrogens is 639 g/mol. The van der Waals surface area contributed by atoms with E-state index >= 15 is 0 Å². The highest BCUT2D eigenvalue weighted by molar-refractivity contribution is 7.23. The smallest absolute Gasteiger partial charge is 0.0971 e. The lowest BCUT2D eigenvalue weighted by Crippen LogP contribution is -2.11. The van der Waals surface area contributed by atoms with Gasteiger partial charge in [-0.3, -0.25) is 0 Å². The number of aromatic nitrogens is 1. The number of nitrogens with zero attached hydrogens (tertiary/aromatic N) is 2. The summed E-state index contributed by atoms with van der Waals surface area (Å²) in [5.41, 5.74) is 13.1. The van der Waals surface area contributed by atoms with E-state index in [2.05, 4.69) is 197 Å². The number of para-hydroxylation sites is 2. The fourth-order valence-corrected chi connectivity index (χ4v) is 8.66. The van der Waals surface area contributed by atoms with Crippen molar-refractivity contribution in [3.8, 4) is 16.8 Å². The lowest BCUT2D eigenvalue weighted by molar-refractivity contribution is 1.18. The van der Waals surface area contributed by atoms with Gasteiger partial charge in [0.05, 0.1) is 16.0 Å². The van der Waals surface area contributed by atoms with E-state index in [1.54, 1.807) is 0 Å². The molecule has 0 fully saturated rings. The zero-order valence-corrected chi connectivity index (χ0v) is 28.6. The van der Waals surface area contributed by atoms with E-state index in [1.807, 2.05) is 11.3 Å². The summed E-state index contributed by atoms with van der Waals surface area (Å²) in [5.74, 6) is 0. The summed E-state index contributed by atoms with van der Waals surface area (Å²) < 4.78 is 3.71. The molecule has 1 aliphatic heterocycles. The van der Waals surface area contributed by atoms with E-state index in [-0.39, 0.29) is 0 Å². The second-order valence-corrected chi connectivity index (χ2v) is 14.1. The van der Waals surface area contributed by atoms with Crippen LogP contribution in [0.2, 0.25) is 0 Å². The quantitative estimate of drug-likeness (QED) is 0.190. The van der Waals surface area contributed by atoms with Crippen molar-refractivity contribution in [3.05, 3.63) is 187 Å². The van der Waals surface area contributed by atoms with Crippen molar-refractivity contribution in [3.63, 3.8) is 0 Å². The Bertz CT molecular complexity index is 2720. The van der Waals surface area contributed by atoms with Gasteiger partial charge in [0, 0.05) is 55.7 Å². The molecule has 3 heterocycles. The minimum atomic E-state index is 0.810. The number of thiophene rings is 1. The molecule has 0 saturated carbocycles. The normalized spacial score (nSPS) is 12.5. The maximum absolute atomic E-state index is 3.69. The SMILES string of the molecule is C1=C(c2ccc(N(c3ccc(-c4ccccc4)cc3)c3ccc4c5ccccc5n(-c5ccccc5)c4c3)cc2)CNc2sc3ccccc3c21. The van der Waals surface area contributed by atoms with E-state index in [1.165, 1.54) is 64.7 Å². The Morgan fingerprint density at radius 2 is 1.08 bits per heavy atom.